The zero-order valence-corrected chi connectivity index (χ0v) is 8.49. The maximum absolute atomic E-state index is 11.7. The normalized spacial score (nSPS) is 29.2. The fourth-order valence-electron chi connectivity index (χ4n) is 2.03. The summed E-state index contributed by atoms with van der Waals surface area (Å²) >= 11 is 0. The van der Waals surface area contributed by atoms with Gasteiger partial charge in [-0.15, -0.1) is 0 Å². The van der Waals surface area contributed by atoms with Crippen LogP contribution in [0.2, 0.25) is 0 Å². The lowest BCUT2D eigenvalue weighted by atomic mass is 10.2. The zero-order valence-electron chi connectivity index (χ0n) is 8.49. The summed E-state index contributed by atoms with van der Waals surface area (Å²) in [6, 6.07) is 0.470. The van der Waals surface area contributed by atoms with E-state index in [1.807, 2.05) is 11.9 Å². The van der Waals surface area contributed by atoms with Crippen LogP contribution in [0.25, 0.3) is 0 Å². The lowest BCUT2D eigenvalue weighted by molar-refractivity contribution is -0.133. The molecule has 1 amide bonds. The minimum Gasteiger partial charge on any atom is -0.341 e. The lowest BCUT2D eigenvalue weighted by Crippen LogP contribution is -2.39. The molecule has 1 unspecified atom stereocenters. The molecule has 1 aliphatic heterocycles. The van der Waals surface area contributed by atoms with E-state index in [0.29, 0.717) is 17.9 Å². The van der Waals surface area contributed by atoms with Crippen molar-refractivity contribution >= 4 is 5.91 Å². The van der Waals surface area contributed by atoms with E-state index in [2.05, 4.69) is 11.9 Å². The van der Waals surface area contributed by atoms with Gasteiger partial charge in [0.25, 0.3) is 0 Å². The molecular formula is C10H18N2O. The molecule has 3 heteroatoms. The van der Waals surface area contributed by atoms with Crippen LogP contribution in [0.15, 0.2) is 0 Å². The van der Waals surface area contributed by atoms with Gasteiger partial charge in [-0.05, 0) is 32.9 Å². The molecule has 3 nitrogen and oxygen atoms in total. The predicted octanol–water partition coefficient (Wildman–Crippen LogP) is 0.559. The minimum absolute atomic E-state index is 0.371. The first-order valence-electron chi connectivity index (χ1n) is 5.13. The number of hydrogen-bond donors (Lipinski definition) is 0. The van der Waals surface area contributed by atoms with Gasteiger partial charge in [0.1, 0.15) is 0 Å². The smallest absolute Gasteiger partial charge is 0.225 e. The molecule has 2 fully saturated rings. The standard InChI is InChI=1S/C10H18N2O/c1-11-6-5-9(7-11)12(2)10(13)8-3-4-8/h8-9H,3-7H2,1-2H3. The van der Waals surface area contributed by atoms with E-state index in [1.54, 1.807) is 0 Å². The number of nitrogens with zero attached hydrogens (tertiary/aromatic N) is 2. The summed E-state index contributed by atoms with van der Waals surface area (Å²) in [7, 11) is 4.08. The maximum atomic E-state index is 11.7. The first-order valence-corrected chi connectivity index (χ1v) is 5.13. The Morgan fingerprint density at radius 3 is 2.54 bits per heavy atom. The van der Waals surface area contributed by atoms with E-state index in [9.17, 15) is 4.79 Å². The molecule has 1 heterocycles. The van der Waals surface area contributed by atoms with Gasteiger partial charge in [-0.2, -0.15) is 0 Å². The number of carbonyl (C=O) groups is 1. The Balaban J connectivity index is 1.88. The van der Waals surface area contributed by atoms with E-state index in [1.165, 1.54) is 0 Å². The predicted molar refractivity (Wildman–Crippen MR) is 51.4 cm³/mol. The molecule has 2 aliphatic rings. The van der Waals surface area contributed by atoms with E-state index in [-0.39, 0.29) is 0 Å². The fraction of sp³-hybridized carbons (Fsp3) is 0.900. The number of amides is 1. The van der Waals surface area contributed by atoms with E-state index < -0.39 is 0 Å². The molecular weight excluding hydrogens is 164 g/mol. The molecule has 1 saturated carbocycles. The maximum Gasteiger partial charge on any atom is 0.225 e. The highest BCUT2D eigenvalue weighted by Crippen LogP contribution is 2.31. The van der Waals surface area contributed by atoms with Gasteiger partial charge in [-0.3, -0.25) is 4.79 Å². The number of hydrogen-bond acceptors (Lipinski definition) is 2. The van der Waals surface area contributed by atoms with Crippen molar-refractivity contribution in [1.29, 1.82) is 0 Å². The molecule has 0 radical (unpaired) electrons. The Morgan fingerprint density at radius 1 is 1.38 bits per heavy atom. The Labute approximate surface area is 79.7 Å². The van der Waals surface area contributed by atoms with Crippen molar-refractivity contribution in [3.63, 3.8) is 0 Å². The Morgan fingerprint density at radius 2 is 2.08 bits per heavy atom. The zero-order chi connectivity index (χ0) is 9.42. The van der Waals surface area contributed by atoms with Gasteiger partial charge in [0.05, 0.1) is 0 Å². The minimum atomic E-state index is 0.371. The SMILES string of the molecule is CN1CCC(N(C)C(=O)C2CC2)C1. The van der Waals surface area contributed by atoms with Crippen molar-refractivity contribution in [3.05, 3.63) is 0 Å². The van der Waals surface area contributed by atoms with E-state index in [4.69, 9.17) is 0 Å². The molecule has 1 saturated heterocycles. The quantitative estimate of drug-likeness (QED) is 0.623. The third-order valence-electron chi connectivity index (χ3n) is 3.19. The van der Waals surface area contributed by atoms with Gasteiger partial charge in [0.2, 0.25) is 5.91 Å². The summed E-state index contributed by atoms with van der Waals surface area (Å²) in [4.78, 5) is 16.0. The summed E-state index contributed by atoms with van der Waals surface area (Å²) in [6.07, 6.45) is 3.38. The summed E-state index contributed by atoms with van der Waals surface area (Å²) in [6.45, 7) is 2.18. The molecule has 2 rings (SSSR count). The van der Waals surface area contributed by atoms with Gasteiger partial charge in [-0.1, -0.05) is 0 Å². The van der Waals surface area contributed by atoms with E-state index in [0.717, 1.165) is 32.4 Å². The summed E-state index contributed by atoms with van der Waals surface area (Å²) in [5, 5.41) is 0. The van der Waals surface area contributed by atoms with Crippen LogP contribution < -0.4 is 0 Å². The second-order valence-electron chi connectivity index (χ2n) is 4.43. The second kappa shape index (κ2) is 3.29. The monoisotopic (exact) mass is 182 g/mol. The highest BCUT2D eigenvalue weighted by Gasteiger charge is 2.35. The molecule has 0 spiro atoms. The average molecular weight is 182 g/mol. The van der Waals surface area contributed by atoms with Crippen molar-refractivity contribution in [2.45, 2.75) is 25.3 Å². The summed E-state index contributed by atoms with van der Waals surface area (Å²) in [5.74, 6) is 0.746. The van der Waals surface area contributed by atoms with Gasteiger partial charge in [-0.25, -0.2) is 0 Å². The molecule has 0 bridgehead atoms. The molecule has 0 aromatic carbocycles. The van der Waals surface area contributed by atoms with Crippen molar-refractivity contribution in [3.8, 4) is 0 Å². The van der Waals surface area contributed by atoms with Gasteiger partial charge in [0, 0.05) is 25.6 Å². The highest BCUT2D eigenvalue weighted by molar-refractivity contribution is 5.81. The van der Waals surface area contributed by atoms with Crippen molar-refractivity contribution < 1.29 is 4.79 Å². The number of likely N-dealkylation sites (tertiary alicyclic amines) is 1. The first kappa shape index (κ1) is 9.00. The topological polar surface area (TPSA) is 23.6 Å². The van der Waals surface area contributed by atoms with Crippen LogP contribution in [0.5, 0.6) is 0 Å². The van der Waals surface area contributed by atoms with Crippen LogP contribution in [0.4, 0.5) is 0 Å². The number of rotatable bonds is 2. The molecule has 0 aromatic rings. The highest BCUT2D eigenvalue weighted by atomic mass is 16.2. The van der Waals surface area contributed by atoms with Crippen LogP contribution in [-0.4, -0.2) is 48.9 Å². The average Bonchev–Trinajstić information content (AvgIpc) is 2.87. The molecule has 74 valence electrons. The van der Waals surface area contributed by atoms with Crippen LogP contribution in [0.1, 0.15) is 19.3 Å². The third kappa shape index (κ3) is 1.85. The van der Waals surface area contributed by atoms with Crippen molar-refractivity contribution in [2.24, 2.45) is 5.92 Å². The van der Waals surface area contributed by atoms with Crippen LogP contribution >= 0.6 is 0 Å². The Bertz CT molecular complexity index is 213. The van der Waals surface area contributed by atoms with Crippen LogP contribution in [0.3, 0.4) is 0 Å². The molecule has 0 aromatic heterocycles. The fourth-order valence-corrected chi connectivity index (χ4v) is 2.03. The first-order chi connectivity index (χ1) is 6.18. The van der Waals surface area contributed by atoms with Crippen molar-refractivity contribution in [2.75, 3.05) is 27.2 Å². The van der Waals surface area contributed by atoms with Crippen molar-refractivity contribution in [1.82, 2.24) is 9.80 Å². The van der Waals surface area contributed by atoms with Crippen LogP contribution in [0, 0.1) is 5.92 Å². The number of likely N-dealkylation sites (N-methyl/N-ethyl adjacent to an activating group) is 2. The van der Waals surface area contributed by atoms with Gasteiger partial charge < -0.3 is 9.80 Å². The summed E-state index contributed by atoms with van der Waals surface area (Å²) in [5.41, 5.74) is 0. The van der Waals surface area contributed by atoms with Gasteiger partial charge in [0.15, 0.2) is 0 Å². The van der Waals surface area contributed by atoms with Gasteiger partial charge >= 0.3 is 0 Å². The number of carbonyl (C=O) groups excluding carboxylic acids is 1. The molecule has 1 atom stereocenters. The summed E-state index contributed by atoms with van der Waals surface area (Å²) < 4.78 is 0. The molecule has 13 heavy (non-hydrogen) atoms. The second-order valence-corrected chi connectivity index (χ2v) is 4.43. The Kier molecular flexibility index (Phi) is 2.28. The Hall–Kier alpha value is -0.570. The molecule has 0 N–H and O–H groups in total. The van der Waals surface area contributed by atoms with Crippen LogP contribution in [-0.2, 0) is 4.79 Å². The molecule has 1 aliphatic carbocycles. The lowest BCUT2D eigenvalue weighted by Gasteiger charge is -2.24. The largest absolute Gasteiger partial charge is 0.341 e. The van der Waals surface area contributed by atoms with E-state index >= 15 is 0 Å². The third-order valence-corrected chi connectivity index (χ3v) is 3.19.